The SMILES string of the molecule is CN(C)CCOc1ccc(-c2ccc3nc(N)ncc3c2)cc1C(=O)Nc1cccc(C(F)(F)F)c1. The number of likely N-dealkylation sites (N-methyl/N-ethyl adjacent to an activating group) is 1. The van der Waals surface area contributed by atoms with E-state index in [1.54, 1.807) is 24.4 Å². The van der Waals surface area contributed by atoms with Gasteiger partial charge in [-0.15, -0.1) is 0 Å². The van der Waals surface area contributed by atoms with Crippen LogP contribution in [0.3, 0.4) is 0 Å². The number of alkyl halides is 3. The summed E-state index contributed by atoms with van der Waals surface area (Å²) < 4.78 is 45.2. The van der Waals surface area contributed by atoms with Crippen molar-refractivity contribution < 1.29 is 22.7 Å². The maximum atomic E-state index is 13.2. The van der Waals surface area contributed by atoms with Gasteiger partial charge >= 0.3 is 6.18 Å². The molecule has 10 heteroatoms. The van der Waals surface area contributed by atoms with E-state index >= 15 is 0 Å². The second-order valence-corrected chi connectivity index (χ2v) is 8.40. The molecule has 1 heterocycles. The lowest BCUT2D eigenvalue weighted by Gasteiger charge is -2.16. The molecule has 3 N–H and O–H groups in total. The molecule has 0 aliphatic heterocycles. The van der Waals surface area contributed by atoms with Gasteiger partial charge in [0.25, 0.3) is 5.91 Å². The van der Waals surface area contributed by atoms with Crippen LogP contribution < -0.4 is 15.8 Å². The van der Waals surface area contributed by atoms with Gasteiger partial charge in [0.15, 0.2) is 0 Å². The molecule has 4 aromatic rings. The van der Waals surface area contributed by atoms with E-state index in [-0.39, 0.29) is 17.2 Å². The molecule has 3 aromatic carbocycles. The van der Waals surface area contributed by atoms with Crippen molar-refractivity contribution >= 4 is 28.4 Å². The van der Waals surface area contributed by atoms with Gasteiger partial charge < -0.3 is 20.7 Å². The van der Waals surface area contributed by atoms with Crippen LogP contribution in [-0.4, -0.2) is 48.0 Å². The molecule has 0 radical (unpaired) electrons. The number of hydrogen-bond donors (Lipinski definition) is 2. The first-order valence-electron chi connectivity index (χ1n) is 11.0. The zero-order chi connectivity index (χ0) is 25.9. The molecule has 0 unspecified atom stereocenters. The number of nitrogens with one attached hydrogen (secondary N) is 1. The van der Waals surface area contributed by atoms with Crippen LogP contribution in [-0.2, 0) is 6.18 Å². The fourth-order valence-corrected chi connectivity index (χ4v) is 3.55. The second kappa shape index (κ2) is 10.2. The van der Waals surface area contributed by atoms with E-state index in [9.17, 15) is 18.0 Å². The highest BCUT2D eigenvalue weighted by Crippen LogP contribution is 2.32. The van der Waals surface area contributed by atoms with E-state index in [4.69, 9.17) is 10.5 Å². The van der Waals surface area contributed by atoms with Gasteiger partial charge in [-0.05, 0) is 67.7 Å². The largest absolute Gasteiger partial charge is 0.491 e. The van der Waals surface area contributed by atoms with Crippen molar-refractivity contribution in [2.45, 2.75) is 6.18 Å². The molecule has 0 atom stereocenters. The van der Waals surface area contributed by atoms with Crippen LogP contribution in [0, 0.1) is 0 Å². The van der Waals surface area contributed by atoms with Gasteiger partial charge in [0.2, 0.25) is 5.95 Å². The number of nitrogens with zero attached hydrogens (tertiary/aromatic N) is 3. The van der Waals surface area contributed by atoms with E-state index in [0.29, 0.717) is 30.0 Å². The number of nitrogen functional groups attached to an aromatic ring is 1. The minimum atomic E-state index is -4.52. The molecule has 0 spiro atoms. The Kier molecular flexibility index (Phi) is 7.07. The molecule has 0 saturated carbocycles. The third-order valence-electron chi connectivity index (χ3n) is 5.40. The second-order valence-electron chi connectivity index (χ2n) is 8.40. The van der Waals surface area contributed by atoms with E-state index < -0.39 is 17.6 Å². The summed E-state index contributed by atoms with van der Waals surface area (Å²) >= 11 is 0. The maximum absolute atomic E-state index is 13.2. The molecule has 0 bridgehead atoms. The monoisotopic (exact) mass is 495 g/mol. The van der Waals surface area contributed by atoms with Crippen molar-refractivity contribution in [3.8, 4) is 16.9 Å². The fraction of sp³-hybridized carbons (Fsp3) is 0.192. The molecule has 0 saturated heterocycles. The van der Waals surface area contributed by atoms with Crippen LogP contribution in [0.5, 0.6) is 5.75 Å². The van der Waals surface area contributed by atoms with Crippen molar-refractivity contribution in [1.29, 1.82) is 0 Å². The Hall–Kier alpha value is -4.18. The van der Waals surface area contributed by atoms with Gasteiger partial charge in [0.05, 0.1) is 16.6 Å². The predicted molar refractivity (Wildman–Crippen MR) is 133 cm³/mol. The average Bonchev–Trinajstić information content (AvgIpc) is 2.83. The lowest BCUT2D eigenvalue weighted by atomic mass is 10.0. The predicted octanol–water partition coefficient (Wildman–Crippen LogP) is 5.09. The quantitative estimate of drug-likeness (QED) is 0.371. The summed E-state index contributed by atoms with van der Waals surface area (Å²) in [5, 5.41) is 3.33. The lowest BCUT2D eigenvalue weighted by Crippen LogP contribution is -2.21. The average molecular weight is 496 g/mol. The molecule has 0 fully saturated rings. The van der Waals surface area contributed by atoms with Gasteiger partial charge in [-0.1, -0.05) is 18.2 Å². The number of carbonyl (C=O) groups excluding carboxylic acids is 1. The first-order valence-corrected chi connectivity index (χ1v) is 11.0. The summed E-state index contributed by atoms with van der Waals surface area (Å²) in [7, 11) is 3.79. The molecule has 36 heavy (non-hydrogen) atoms. The number of benzene rings is 3. The highest BCUT2D eigenvalue weighted by atomic mass is 19.4. The van der Waals surface area contributed by atoms with Crippen molar-refractivity contribution in [2.75, 3.05) is 38.3 Å². The number of ether oxygens (including phenoxy) is 1. The Morgan fingerprint density at radius 2 is 1.81 bits per heavy atom. The van der Waals surface area contributed by atoms with Crippen molar-refractivity contribution in [3.05, 3.63) is 78.0 Å². The molecule has 4 rings (SSSR count). The summed E-state index contributed by atoms with van der Waals surface area (Å²) in [5.41, 5.74) is 7.20. The molecule has 0 aliphatic carbocycles. The van der Waals surface area contributed by atoms with Crippen LogP contribution in [0.25, 0.3) is 22.0 Å². The summed E-state index contributed by atoms with van der Waals surface area (Å²) in [6.07, 6.45) is -2.91. The van der Waals surface area contributed by atoms with Gasteiger partial charge in [-0.25, -0.2) is 9.97 Å². The number of nitrogens with two attached hydrogens (primary N) is 1. The third kappa shape index (κ3) is 5.89. The number of amides is 1. The van der Waals surface area contributed by atoms with Crippen LogP contribution >= 0.6 is 0 Å². The normalized spacial score (nSPS) is 11.6. The van der Waals surface area contributed by atoms with E-state index in [1.165, 1.54) is 12.1 Å². The smallest absolute Gasteiger partial charge is 0.416 e. The zero-order valence-corrected chi connectivity index (χ0v) is 19.6. The van der Waals surface area contributed by atoms with Crippen LogP contribution in [0.15, 0.2) is 66.9 Å². The summed E-state index contributed by atoms with van der Waals surface area (Å²) in [6, 6.07) is 15.1. The Morgan fingerprint density at radius 1 is 1.06 bits per heavy atom. The van der Waals surface area contributed by atoms with E-state index in [1.807, 2.05) is 37.2 Å². The highest BCUT2D eigenvalue weighted by molar-refractivity contribution is 6.07. The highest BCUT2D eigenvalue weighted by Gasteiger charge is 2.30. The number of hydrogen-bond acceptors (Lipinski definition) is 6. The number of fused-ring (bicyclic) bond motifs is 1. The number of halogens is 3. The number of rotatable bonds is 7. The Morgan fingerprint density at radius 3 is 2.56 bits per heavy atom. The molecular formula is C26H24F3N5O2. The molecule has 0 aliphatic rings. The number of carbonyl (C=O) groups is 1. The number of anilines is 2. The molecule has 186 valence electrons. The minimum absolute atomic E-state index is 0.0277. The van der Waals surface area contributed by atoms with Crippen LogP contribution in [0.4, 0.5) is 24.8 Å². The number of aromatic nitrogens is 2. The van der Waals surface area contributed by atoms with E-state index in [2.05, 4.69) is 15.3 Å². The van der Waals surface area contributed by atoms with Gasteiger partial charge in [0.1, 0.15) is 12.4 Å². The summed E-state index contributed by atoms with van der Waals surface area (Å²) in [4.78, 5) is 23.3. The molecular weight excluding hydrogens is 471 g/mol. The fourth-order valence-electron chi connectivity index (χ4n) is 3.55. The van der Waals surface area contributed by atoms with Crippen molar-refractivity contribution in [1.82, 2.24) is 14.9 Å². The van der Waals surface area contributed by atoms with Crippen LogP contribution in [0.1, 0.15) is 15.9 Å². The van der Waals surface area contributed by atoms with Crippen molar-refractivity contribution in [2.24, 2.45) is 0 Å². The lowest BCUT2D eigenvalue weighted by molar-refractivity contribution is -0.137. The molecule has 7 nitrogen and oxygen atoms in total. The van der Waals surface area contributed by atoms with E-state index in [0.717, 1.165) is 23.1 Å². The molecule has 1 aromatic heterocycles. The minimum Gasteiger partial charge on any atom is -0.491 e. The zero-order valence-electron chi connectivity index (χ0n) is 19.6. The van der Waals surface area contributed by atoms with Crippen molar-refractivity contribution in [3.63, 3.8) is 0 Å². The Balaban J connectivity index is 1.68. The topological polar surface area (TPSA) is 93.4 Å². The maximum Gasteiger partial charge on any atom is 0.416 e. The summed E-state index contributed by atoms with van der Waals surface area (Å²) in [6.45, 7) is 0.940. The summed E-state index contributed by atoms with van der Waals surface area (Å²) in [5.74, 6) is -0.0991. The van der Waals surface area contributed by atoms with Gasteiger partial charge in [-0.3, -0.25) is 4.79 Å². The van der Waals surface area contributed by atoms with Crippen LogP contribution in [0.2, 0.25) is 0 Å². The van der Waals surface area contributed by atoms with Gasteiger partial charge in [0, 0.05) is 23.8 Å². The molecule has 1 amide bonds. The standard InChI is InChI=1S/C26H24F3N5O2/c1-34(2)10-11-36-23-9-7-17(16-6-8-22-18(12-16)15-31-25(30)33-22)13-21(23)24(35)32-20-5-3-4-19(14-20)26(27,28)29/h3-9,12-15H,10-11H2,1-2H3,(H,32,35)(H2,30,31,33). The Labute approximate surface area is 205 Å². The first kappa shape index (κ1) is 24.9. The third-order valence-corrected chi connectivity index (χ3v) is 5.40. The Bertz CT molecular complexity index is 1410. The van der Waals surface area contributed by atoms with Gasteiger partial charge in [-0.2, -0.15) is 13.2 Å². The first-order chi connectivity index (χ1) is 17.1.